The summed E-state index contributed by atoms with van der Waals surface area (Å²) in [5.41, 5.74) is 0.270. The van der Waals surface area contributed by atoms with Gasteiger partial charge in [-0.1, -0.05) is 25.1 Å². The molecule has 1 heterocycles. The van der Waals surface area contributed by atoms with E-state index in [1.54, 1.807) is 49.4 Å². The van der Waals surface area contributed by atoms with Crippen LogP contribution in [0, 0.1) is 5.92 Å². The number of sulfonamides is 2. The molecule has 0 saturated carbocycles. The maximum Gasteiger partial charge on any atom is 0.261 e. The fourth-order valence-corrected chi connectivity index (χ4v) is 7.80. The van der Waals surface area contributed by atoms with E-state index in [-0.39, 0.29) is 58.5 Å². The number of ether oxygens (including phenoxy) is 3. The van der Waals surface area contributed by atoms with Crippen molar-refractivity contribution in [3.63, 3.8) is 0 Å². The molecule has 1 amide bonds. The van der Waals surface area contributed by atoms with E-state index in [1.165, 1.54) is 53.7 Å². The second-order valence-electron chi connectivity index (χ2n) is 12.4. The van der Waals surface area contributed by atoms with Crippen LogP contribution in [0.4, 0.5) is 5.69 Å². The second-order valence-corrected chi connectivity index (χ2v) is 16.1. The highest BCUT2D eigenvalue weighted by Crippen LogP contribution is 2.30. The summed E-state index contributed by atoms with van der Waals surface area (Å²) in [6, 6.07) is 18.0. The van der Waals surface area contributed by atoms with Crippen LogP contribution in [0.15, 0.2) is 82.6 Å². The molecule has 1 aliphatic heterocycles. The van der Waals surface area contributed by atoms with Gasteiger partial charge in [-0.15, -0.1) is 0 Å². The Balaban J connectivity index is 1.67. The summed E-state index contributed by atoms with van der Waals surface area (Å²) in [5.74, 6) is -0.0608. The van der Waals surface area contributed by atoms with Crippen molar-refractivity contribution in [2.24, 2.45) is 5.92 Å². The molecule has 0 saturated heterocycles. The van der Waals surface area contributed by atoms with Gasteiger partial charge in [0.1, 0.15) is 11.5 Å². The average Bonchev–Trinajstić information content (AvgIpc) is 3.09. The van der Waals surface area contributed by atoms with Gasteiger partial charge in [-0.3, -0.25) is 9.52 Å². The smallest absolute Gasteiger partial charge is 0.261 e. The number of aliphatic hydroxyl groups excluding tert-OH is 1. The molecule has 0 bridgehead atoms. The number of hydrogen-bond acceptors (Lipinski definition) is 9. The Morgan fingerprint density at radius 3 is 2.35 bits per heavy atom. The van der Waals surface area contributed by atoms with Gasteiger partial charge in [0.2, 0.25) is 10.0 Å². The van der Waals surface area contributed by atoms with Gasteiger partial charge in [0.05, 0.1) is 47.3 Å². The Kier molecular flexibility index (Phi) is 13.1. The van der Waals surface area contributed by atoms with Crippen LogP contribution >= 0.6 is 0 Å². The van der Waals surface area contributed by atoms with E-state index in [9.17, 15) is 26.7 Å². The zero-order valence-electron chi connectivity index (χ0n) is 28.6. The molecule has 0 aliphatic carbocycles. The highest BCUT2D eigenvalue weighted by molar-refractivity contribution is 7.92. The van der Waals surface area contributed by atoms with Crippen molar-refractivity contribution in [2.45, 2.75) is 68.1 Å². The van der Waals surface area contributed by atoms with Crippen LogP contribution in [0.2, 0.25) is 0 Å². The molecule has 14 heteroatoms. The average molecular weight is 718 g/mol. The summed E-state index contributed by atoms with van der Waals surface area (Å²) in [5, 5.41) is 10.2. The minimum atomic E-state index is -4.02. The molecule has 4 atom stereocenters. The molecular weight excluding hydrogens is 671 g/mol. The van der Waals surface area contributed by atoms with Crippen molar-refractivity contribution < 1.29 is 40.9 Å². The van der Waals surface area contributed by atoms with E-state index in [4.69, 9.17) is 14.2 Å². The third kappa shape index (κ3) is 9.73. The summed E-state index contributed by atoms with van der Waals surface area (Å²) in [6.45, 7) is 5.67. The van der Waals surface area contributed by atoms with Gasteiger partial charge in [-0.2, -0.15) is 4.31 Å². The summed E-state index contributed by atoms with van der Waals surface area (Å²) < 4.78 is 74.7. The fourth-order valence-electron chi connectivity index (χ4n) is 5.54. The SMILES string of the molecule is COc1ccc(S(=O)(=O)Nc2ccc3c(c2)C(=O)N([C@@H](C)CO)C[C@@H](C)[C@@H](CN(C)S(=O)(=O)c2ccccc2)OCCCC[C@H](C)O3)cc1. The molecule has 3 aromatic rings. The molecule has 0 aromatic heterocycles. The monoisotopic (exact) mass is 717 g/mol. The lowest BCUT2D eigenvalue weighted by Gasteiger charge is -2.35. The molecule has 49 heavy (non-hydrogen) atoms. The summed E-state index contributed by atoms with van der Waals surface area (Å²) in [6.07, 6.45) is 1.26. The van der Waals surface area contributed by atoms with Crippen molar-refractivity contribution in [1.82, 2.24) is 9.21 Å². The van der Waals surface area contributed by atoms with Crippen LogP contribution < -0.4 is 14.2 Å². The van der Waals surface area contributed by atoms with Crippen LogP contribution in [0.3, 0.4) is 0 Å². The third-order valence-electron chi connectivity index (χ3n) is 8.56. The zero-order valence-corrected chi connectivity index (χ0v) is 30.2. The Morgan fingerprint density at radius 1 is 1.00 bits per heavy atom. The van der Waals surface area contributed by atoms with Gasteiger partial charge >= 0.3 is 0 Å². The predicted octanol–water partition coefficient (Wildman–Crippen LogP) is 4.61. The van der Waals surface area contributed by atoms with E-state index >= 15 is 0 Å². The first-order valence-electron chi connectivity index (χ1n) is 16.3. The third-order valence-corrected chi connectivity index (χ3v) is 11.8. The lowest BCUT2D eigenvalue weighted by molar-refractivity contribution is -0.00833. The normalized spacial score (nSPS) is 20.5. The summed E-state index contributed by atoms with van der Waals surface area (Å²) in [4.78, 5) is 16.1. The molecule has 1 aliphatic rings. The number of likely N-dealkylation sites (N-methyl/N-ethyl adjacent to an activating group) is 1. The zero-order chi connectivity index (χ0) is 35.8. The lowest BCUT2D eigenvalue weighted by Crippen LogP contribution is -2.48. The van der Waals surface area contributed by atoms with E-state index in [2.05, 4.69) is 4.72 Å². The van der Waals surface area contributed by atoms with E-state index in [0.29, 0.717) is 25.2 Å². The van der Waals surface area contributed by atoms with Crippen LogP contribution in [-0.2, 0) is 24.8 Å². The number of amides is 1. The second kappa shape index (κ2) is 16.8. The van der Waals surface area contributed by atoms with Crippen molar-refractivity contribution in [1.29, 1.82) is 0 Å². The number of nitrogens with zero attached hydrogens (tertiary/aromatic N) is 2. The molecule has 4 rings (SSSR count). The molecule has 3 aromatic carbocycles. The Morgan fingerprint density at radius 2 is 1.69 bits per heavy atom. The van der Waals surface area contributed by atoms with Gasteiger partial charge in [-0.05, 0) is 87.7 Å². The Hall–Kier alpha value is -3.69. The van der Waals surface area contributed by atoms with Crippen LogP contribution in [0.1, 0.15) is 50.4 Å². The minimum Gasteiger partial charge on any atom is -0.497 e. The maximum atomic E-state index is 14.4. The number of aliphatic hydroxyl groups is 1. The molecule has 0 radical (unpaired) electrons. The number of methoxy groups -OCH3 is 1. The Bertz CT molecular complexity index is 1750. The molecule has 2 N–H and O–H groups in total. The first kappa shape index (κ1) is 38.1. The number of benzene rings is 3. The Labute approximate surface area is 290 Å². The predicted molar refractivity (Wildman–Crippen MR) is 187 cm³/mol. The maximum absolute atomic E-state index is 14.4. The number of nitrogens with one attached hydrogen (secondary N) is 1. The fraction of sp³-hybridized carbons (Fsp3) is 0.457. The lowest BCUT2D eigenvalue weighted by atomic mass is 10.0. The van der Waals surface area contributed by atoms with Crippen LogP contribution in [0.5, 0.6) is 11.5 Å². The van der Waals surface area contributed by atoms with Gasteiger partial charge in [0, 0.05) is 38.3 Å². The highest BCUT2D eigenvalue weighted by atomic mass is 32.2. The molecule has 0 fully saturated rings. The number of carbonyl (C=O) groups excluding carboxylic acids is 1. The minimum absolute atomic E-state index is 0.0132. The van der Waals surface area contributed by atoms with Gasteiger partial charge < -0.3 is 24.2 Å². The van der Waals surface area contributed by atoms with E-state index < -0.39 is 38.1 Å². The summed E-state index contributed by atoms with van der Waals surface area (Å²) in [7, 11) is -4.83. The number of rotatable bonds is 10. The quantitative estimate of drug-likeness (QED) is 0.306. The van der Waals surface area contributed by atoms with Crippen molar-refractivity contribution in [3.05, 3.63) is 78.4 Å². The highest BCUT2D eigenvalue weighted by Gasteiger charge is 2.32. The topological polar surface area (TPSA) is 152 Å². The summed E-state index contributed by atoms with van der Waals surface area (Å²) >= 11 is 0. The van der Waals surface area contributed by atoms with Crippen LogP contribution in [0.25, 0.3) is 0 Å². The number of carbonyl (C=O) groups is 1. The van der Waals surface area contributed by atoms with Gasteiger partial charge in [-0.25, -0.2) is 16.8 Å². The number of hydrogen-bond donors (Lipinski definition) is 2. The van der Waals surface area contributed by atoms with Crippen LogP contribution in [-0.4, -0.2) is 95.8 Å². The number of anilines is 1. The van der Waals surface area contributed by atoms with E-state index in [1.807, 2.05) is 13.8 Å². The van der Waals surface area contributed by atoms with E-state index in [0.717, 1.165) is 6.42 Å². The number of fused-ring (bicyclic) bond motifs is 1. The molecule has 268 valence electrons. The first-order valence-corrected chi connectivity index (χ1v) is 19.2. The van der Waals surface area contributed by atoms with Gasteiger partial charge in [0.15, 0.2) is 0 Å². The molecular formula is C35H47N3O9S2. The van der Waals surface area contributed by atoms with Gasteiger partial charge in [0.25, 0.3) is 15.9 Å². The van der Waals surface area contributed by atoms with Crippen molar-refractivity contribution >= 4 is 31.6 Å². The first-order chi connectivity index (χ1) is 23.3. The molecule has 12 nitrogen and oxygen atoms in total. The largest absolute Gasteiger partial charge is 0.497 e. The molecule has 0 unspecified atom stereocenters. The molecule has 0 spiro atoms. The van der Waals surface area contributed by atoms with Crippen molar-refractivity contribution in [2.75, 3.05) is 45.2 Å². The van der Waals surface area contributed by atoms with Crippen molar-refractivity contribution in [3.8, 4) is 11.5 Å². The standard InChI is InChI=1S/C35H47N3O9S2/c1-25-22-38(26(2)24-39)35(40)32-21-28(36-48(41,42)30-17-15-29(45-5)16-18-30)14-19-33(32)47-27(3)11-9-10-20-46-34(25)23-37(4)49(43,44)31-12-7-6-8-13-31/h6-8,12-19,21,25-27,34,36,39H,9-11,20,22-24H2,1-5H3/t25-,26+,27+,34-/m1/s1.